The summed E-state index contributed by atoms with van der Waals surface area (Å²) in [6, 6.07) is 2.21. The summed E-state index contributed by atoms with van der Waals surface area (Å²) in [5.74, 6) is 0. The molecule has 0 unspecified atom stereocenters. The summed E-state index contributed by atoms with van der Waals surface area (Å²) in [4.78, 5) is 0. The van der Waals surface area contributed by atoms with Gasteiger partial charge in [-0.15, -0.1) is 0 Å². The van der Waals surface area contributed by atoms with E-state index in [4.69, 9.17) is 0 Å². The first-order valence-corrected chi connectivity index (χ1v) is 7.12. The van der Waals surface area contributed by atoms with Gasteiger partial charge < -0.3 is 0 Å². The lowest BCUT2D eigenvalue weighted by atomic mass is 9.92. The number of sulfonamides is 1. The second-order valence-corrected chi connectivity index (χ2v) is 6.30. The van der Waals surface area contributed by atoms with Gasteiger partial charge in [-0.25, -0.2) is 8.42 Å². The molecule has 15 heavy (non-hydrogen) atoms. The Balaban J connectivity index is 2.98. The standard InChI is InChI=1S/C10H18N2O2S/c1-12(15(2,13)14)10(9-11)7-5-3-4-6-8-10/h3-8H2,1-2H3. The Labute approximate surface area is 91.9 Å². The summed E-state index contributed by atoms with van der Waals surface area (Å²) in [7, 11) is -1.76. The Morgan fingerprint density at radius 2 is 1.67 bits per heavy atom. The molecule has 0 amide bonds. The normalized spacial score (nSPS) is 22.0. The molecule has 86 valence electrons. The highest BCUT2D eigenvalue weighted by molar-refractivity contribution is 7.88. The van der Waals surface area contributed by atoms with Gasteiger partial charge in [0.1, 0.15) is 5.54 Å². The lowest BCUT2D eigenvalue weighted by Gasteiger charge is -2.33. The summed E-state index contributed by atoms with van der Waals surface area (Å²) >= 11 is 0. The van der Waals surface area contributed by atoms with Crippen molar-refractivity contribution in [1.29, 1.82) is 5.26 Å². The number of hydrogen-bond acceptors (Lipinski definition) is 3. The van der Waals surface area contributed by atoms with E-state index in [1.807, 2.05) is 0 Å². The van der Waals surface area contributed by atoms with Crippen molar-refractivity contribution in [3.8, 4) is 6.07 Å². The van der Waals surface area contributed by atoms with Crippen molar-refractivity contribution in [2.24, 2.45) is 0 Å². The third-order valence-electron chi connectivity index (χ3n) is 3.24. The molecule has 0 N–H and O–H groups in total. The highest BCUT2D eigenvalue weighted by Crippen LogP contribution is 2.32. The predicted molar refractivity (Wildman–Crippen MR) is 58.7 cm³/mol. The largest absolute Gasteiger partial charge is 0.212 e. The van der Waals surface area contributed by atoms with Crippen molar-refractivity contribution in [1.82, 2.24) is 4.31 Å². The van der Waals surface area contributed by atoms with Crippen LogP contribution in [0.5, 0.6) is 0 Å². The minimum absolute atomic E-state index is 0.660. The average molecular weight is 230 g/mol. The third kappa shape index (κ3) is 2.70. The maximum absolute atomic E-state index is 11.5. The van der Waals surface area contributed by atoms with Gasteiger partial charge in [0.15, 0.2) is 0 Å². The van der Waals surface area contributed by atoms with Crippen LogP contribution in [0.3, 0.4) is 0 Å². The van der Waals surface area contributed by atoms with Crippen molar-refractivity contribution >= 4 is 10.0 Å². The molecule has 0 spiro atoms. The Kier molecular flexibility index (Phi) is 3.74. The van der Waals surface area contributed by atoms with Gasteiger partial charge >= 0.3 is 0 Å². The second kappa shape index (κ2) is 4.50. The fourth-order valence-corrected chi connectivity index (χ4v) is 2.99. The van der Waals surface area contributed by atoms with Crippen molar-refractivity contribution in [3.05, 3.63) is 0 Å². The molecule has 0 aliphatic heterocycles. The number of rotatable bonds is 2. The van der Waals surface area contributed by atoms with Gasteiger partial charge in [0.05, 0.1) is 12.3 Å². The zero-order valence-electron chi connectivity index (χ0n) is 9.36. The molecule has 1 saturated carbocycles. The van der Waals surface area contributed by atoms with Gasteiger partial charge in [0.2, 0.25) is 10.0 Å². The highest BCUT2D eigenvalue weighted by Gasteiger charge is 2.39. The zero-order chi connectivity index (χ0) is 11.5. The maximum Gasteiger partial charge on any atom is 0.212 e. The first-order chi connectivity index (χ1) is 6.92. The van der Waals surface area contributed by atoms with Crippen LogP contribution < -0.4 is 0 Å². The highest BCUT2D eigenvalue weighted by atomic mass is 32.2. The van der Waals surface area contributed by atoms with E-state index < -0.39 is 15.6 Å². The number of nitrogens with zero attached hydrogens (tertiary/aromatic N) is 2. The van der Waals surface area contributed by atoms with E-state index in [1.54, 1.807) is 0 Å². The van der Waals surface area contributed by atoms with E-state index in [0.717, 1.165) is 31.9 Å². The summed E-state index contributed by atoms with van der Waals surface area (Å²) in [5.41, 5.74) is -0.802. The molecule has 0 aromatic heterocycles. The lowest BCUT2D eigenvalue weighted by Crippen LogP contribution is -2.47. The minimum atomic E-state index is -3.28. The van der Waals surface area contributed by atoms with Gasteiger partial charge in [-0.05, 0) is 12.8 Å². The molecule has 1 aliphatic carbocycles. The Hall–Kier alpha value is -0.600. The molecule has 0 aromatic rings. The molecule has 1 rings (SSSR count). The van der Waals surface area contributed by atoms with Crippen LogP contribution in [0.1, 0.15) is 38.5 Å². The zero-order valence-corrected chi connectivity index (χ0v) is 10.2. The topological polar surface area (TPSA) is 61.2 Å². The van der Waals surface area contributed by atoms with E-state index in [2.05, 4.69) is 6.07 Å². The van der Waals surface area contributed by atoms with Crippen LogP contribution in [-0.2, 0) is 10.0 Å². The van der Waals surface area contributed by atoms with E-state index in [0.29, 0.717) is 12.8 Å². The van der Waals surface area contributed by atoms with Crippen LogP contribution in [0.25, 0.3) is 0 Å². The van der Waals surface area contributed by atoms with Gasteiger partial charge in [0, 0.05) is 7.05 Å². The van der Waals surface area contributed by atoms with E-state index in [9.17, 15) is 13.7 Å². The number of nitriles is 1. The van der Waals surface area contributed by atoms with Crippen LogP contribution in [0.15, 0.2) is 0 Å². The van der Waals surface area contributed by atoms with Crippen molar-refractivity contribution < 1.29 is 8.42 Å². The molecule has 0 atom stereocenters. The molecular weight excluding hydrogens is 212 g/mol. The van der Waals surface area contributed by atoms with Gasteiger partial charge in [0.25, 0.3) is 0 Å². The summed E-state index contributed by atoms with van der Waals surface area (Å²) < 4.78 is 24.2. The monoisotopic (exact) mass is 230 g/mol. The van der Waals surface area contributed by atoms with Crippen LogP contribution in [0.2, 0.25) is 0 Å². The molecule has 5 heteroatoms. The first-order valence-electron chi connectivity index (χ1n) is 5.28. The van der Waals surface area contributed by atoms with Gasteiger partial charge in [-0.1, -0.05) is 25.7 Å². The maximum atomic E-state index is 11.5. The second-order valence-electron chi connectivity index (χ2n) is 4.29. The Morgan fingerprint density at radius 1 is 1.20 bits per heavy atom. The van der Waals surface area contributed by atoms with Crippen molar-refractivity contribution in [2.75, 3.05) is 13.3 Å². The fourth-order valence-electron chi connectivity index (χ4n) is 2.13. The van der Waals surface area contributed by atoms with Crippen LogP contribution >= 0.6 is 0 Å². The molecule has 0 saturated heterocycles. The third-order valence-corrected chi connectivity index (χ3v) is 4.58. The fraction of sp³-hybridized carbons (Fsp3) is 0.900. The molecular formula is C10H18N2O2S. The van der Waals surface area contributed by atoms with Gasteiger partial charge in [-0.3, -0.25) is 0 Å². The van der Waals surface area contributed by atoms with Crippen LogP contribution in [0.4, 0.5) is 0 Å². The summed E-state index contributed by atoms with van der Waals surface area (Å²) in [6.45, 7) is 0. The summed E-state index contributed by atoms with van der Waals surface area (Å²) in [5, 5.41) is 9.24. The summed E-state index contributed by atoms with van der Waals surface area (Å²) in [6.07, 6.45) is 6.56. The molecule has 0 aromatic carbocycles. The van der Waals surface area contributed by atoms with Crippen molar-refractivity contribution in [2.45, 2.75) is 44.1 Å². The molecule has 0 bridgehead atoms. The van der Waals surface area contributed by atoms with E-state index >= 15 is 0 Å². The van der Waals surface area contributed by atoms with Crippen LogP contribution in [0, 0.1) is 11.3 Å². The Bertz CT molecular complexity index is 348. The minimum Gasteiger partial charge on any atom is -0.212 e. The lowest BCUT2D eigenvalue weighted by molar-refractivity contribution is 0.257. The molecule has 1 aliphatic rings. The SMILES string of the molecule is CN(C1(C#N)CCCCCC1)S(C)(=O)=O. The quantitative estimate of drug-likeness (QED) is 0.675. The molecule has 0 heterocycles. The first kappa shape index (κ1) is 12.5. The molecule has 0 radical (unpaired) electrons. The Morgan fingerprint density at radius 3 is 2.00 bits per heavy atom. The molecule has 1 fully saturated rings. The van der Waals surface area contributed by atoms with Crippen molar-refractivity contribution in [3.63, 3.8) is 0 Å². The number of hydrogen-bond donors (Lipinski definition) is 0. The average Bonchev–Trinajstić information content (AvgIpc) is 2.41. The van der Waals surface area contributed by atoms with E-state index in [1.165, 1.54) is 11.4 Å². The predicted octanol–water partition coefficient (Wildman–Crippen LogP) is 1.49. The smallest absolute Gasteiger partial charge is 0.212 e. The van der Waals surface area contributed by atoms with Crippen LogP contribution in [-0.4, -0.2) is 31.6 Å². The van der Waals surface area contributed by atoms with E-state index in [-0.39, 0.29) is 0 Å². The molecule has 4 nitrogen and oxygen atoms in total. The van der Waals surface area contributed by atoms with Gasteiger partial charge in [-0.2, -0.15) is 9.57 Å².